The van der Waals surface area contributed by atoms with Crippen molar-refractivity contribution < 1.29 is 28.6 Å². The number of nitrogen functional groups attached to an aromatic ring is 1. The molecule has 0 radical (unpaired) electrons. The SMILES string of the molecule is N=C(N)c1ccc2cc(OC(=O)c3ccc(CNC(=O)CC(=O)O)o3)ccc2c1. The Morgan fingerprint density at radius 3 is 2.52 bits per heavy atom. The first-order valence-corrected chi connectivity index (χ1v) is 8.49. The normalized spacial score (nSPS) is 10.5. The monoisotopic (exact) mass is 395 g/mol. The lowest BCUT2D eigenvalue weighted by molar-refractivity contribution is -0.140. The van der Waals surface area contributed by atoms with Gasteiger partial charge in [0.1, 0.15) is 23.8 Å². The quantitative estimate of drug-likeness (QED) is 0.157. The van der Waals surface area contributed by atoms with Gasteiger partial charge in [-0.1, -0.05) is 18.2 Å². The van der Waals surface area contributed by atoms with Crippen LogP contribution in [0.25, 0.3) is 10.8 Å². The standard InChI is InChI=1S/C20H17N3O6/c21-19(22)13-2-1-12-8-14(4-3-11(12)7-13)29-20(27)16-6-5-15(28-16)10-23-17(24)9-18(25)26/h1-8H,9-10H2,(H3,21,22)(H,23,24)(H,25,26). The van der Waals surface area contributed by atoms with Gasteiger partial charge in [0, 0.05) is 5.56 Å². The fourth-order valence-electron chi connectivity index (χ4n) is 2.58. The lowest BCUT2D eigenvalue weighted by atomic mass is 10.1. The van der Waals surface area contributed by atoms with Crippen LogP contribution in [0.5, 0.6) is 5.75 Å². The third-order valence-electron chi connectivity index (χ3n) is 3.97. The summed E-state index contributed by atoms with van der Waals surface area (Å²) in [5.41, 5.74) is 6.08. The van der Waals surface area contributed by atoms with Crippen molar-refractivity contribution in [3.63, 3.8) is 0 Å². The summed E-state index contributed by atoms with van der Waals surface area (Å²) in [4.78, 5) is 34.1. The number of amidine groups is 1. The molecule has 0 fully saturated rings. The van der Waals surface area contributed by atoms with E-state index in [9.17, 15) is 14.4 Å². The summed E-state index contributed by atoms with van der Waals surface area (Å²) in [6.07, 6.45) is -0.647. The number of furan rings is 1. The second kappa shape index (κ2) is 8.26. The number of aliphatic carboxylic acids is 1. The highest BCUT2D eigenvalue weighted by Crippen LogP contribution is 2.23. The molecule has 0 aliphatic carbocycles. The van der Waals surface area contributed by atoms with Crippen LogP contribution in [0.1, 0.15) is 28.3 Å². The number of rotatable bonds is 7. The summed E-state index contributed by atoms with van der Waals surface area (Å²) < 4.78 is 10.6. The molecule has 9 heteroatoms. The zero-order chi connectivity index (χ0) is 21.0. The van der Waals surface area contributed by atoms with Gasteiger partial charge in [-0.3, -0.25) is 15.0 Å². The third-order valence-corrected chi connectivity index (χ3v) is 3.97. The molecule has 29 heavy (non-hydrogen) atoms. The molecule has 3 rings (SSSR count). The number of fused-ring (bicyclic) bond motifs is 1. The highest BCUT2D eigenvalue weighted by molar-refractivity contribution is 5.99. The average Bonchev–Trinajstić information content (AvgIpc) is 3.14. The number of carboxylic acids is 1. The Morgan fingerprint density at radius 2 is 1.79 bits per heavy atom. The fraction of sp³-hybridized carbons (Fsp3) is 0.100. The molecule has 0 unspecified atom stereocenters. The number of carboxylic acid groups (broad SMARTS) is 1. The number of benzene rings is 2. The van der Waals surface area contributed by atoms with Gasteiger partial charge in [-0.2, -0.15) is 0 Å². The zero-order valence-corrected chi connectivity index (χ0v) is 15.1. The average molecular weight is 395 g/mol. The van der Waals surface area contributed by atoms with Gasteiger partial charge < -0.3 is 25.3 Å². The lowest BCUT2D eigenvalue weighted by Crippen LogP contribution is -2.24. The topological polar surface area (TPSA) is 156 Å². The first-order chi connectivity index (χ1) is 13.8. The number of esters is 1. The number of carbonyl (C=O) groups is 3. The Morgan fingerprint density at radius 1 is 1.07 bits per heavy atom. The Kier molecular flexibility index (Phi) is 5.59. The third kappa shape index (κ3) is 4.98. The molecule has 1 aromatic heterocycles. The number of carbonyl (C=O) groups excluding carboxylic acids is 2. The van der Waals surface area contributed by atoms with Crippen molar-refractivity contribution in [1.29, 1.82) is 5.41 Å². The van der Waals surface area contributed by atoms with Crippen molar-refractivity contribution in [3.8, 4) is 5.75 Å². The number of ether oxygens (including phenoxy) is 1. The maximum absolute atomic E-state index is 12.3. The van der Waals surface area contributed by atoms with E-state index < -0.39 is 24.3 Å². The van der Waals surface area contributed by atoms with Crippen molar-refractivity contribution in [1.82, 2.24) is 5.32 Å². The predicted molar refractivity (Wildman–Crippen MR) is 103 cm³/mol. The van der Waals surface area contributed by atoms with E-state index in [0.29, 0.717) is 11.3 Å². The molecule has 9 nitrogen and oxygen atoms in total. The highest BCUT2D eigenvalue weighted by Gasteiger charge is 2.15. The molecule has 0 atom stereocenters. The molecule has 148 valence electrons. The first kappa shape index (κ1) is 19.6. The summed E-state index contributed by atoms with van der Waals surface area (Å²) in [6, 6.07) is 13.2. The zero-order valence-electron chi connectivity index (χ0n) is 15.1. The van der Waals surface area contributed by atoms with Gasteiger partial charge in [0.15, 0.2) is 0 Å². The smallest absolute Gasteiger partial charge is 0.379 e. The van der Waals surface area contributed by atoms with Crippen LogP contribution in [0.4, 0.5) is 0 Å². The van der Waals surface area contributed by atoms with Crippen LogP contribution >= 0.6 is 0 Å². The van der Waals surface area contributed by atoms with Crippen LogP contribution in [-0.4, -0.2) is 28.8 Å². The number of nitrogens with two attached hydrogens (primary N) is 1. The molecule has 0 bridgehead atoms. The van der Waals surface area contributed by atoms with Gasteiger partial charge in [0.05, 0.1) is 6.54 Å². The molecule has 0 saturated heterocycles. The van der Waals surface area contributed by atoms with E-state index in [1.807, 2.05) is 0 Å². The summed E-state index contributed by atoms with van der Waals surface area (Å²) in [6.45, 7) is -0.0478. The van der Waals surface area contributed by atoms with Gasteiger partial charge in [-0.15, -0.1) is 0 Å². The number of nitrogens with one attached hydrogen (secondary N) is 2. The minimum absolute atomic E-state index is 0.0322. The van der Waals surface area contributed by atoms with Crippen LogP contribution in [0.3, 0.4) is 0 Å². The summed E-state index contributed by atoms with van der Waals surface area (Å²) in [5, 5.41) is 20.0. The first-order valence-electron chi connectivity index (χ1n) is 8.49. The number of amides is 1. The van der Waals surface area contributed by atoms with E-state index in [-0.39, 0.29) is 23.9 Å². The van der Waals surface area contributed by atoms with Crippen LogP contribution in [0, 0.1) is 5.41 Å². The lowest BCUT2D eigenvalue weighted by Gasteiger charge is -2.06. The van der Waals surface area contributed by atoms with Crippen molar-refractivity contribution >= 4 is 34.5 Å². The maximum Gasteiger partial charge on any atom is 0.379 e. The van der Waals surface area contributed by atoms with E-state index in [1.165, 1.54) is 12.1 Å². The molecular formula is C20H17N3O6. The van der Waals surface area contributed by atoms with E-state index in [2.05, 4.69) is 5.32 Å². The predicted octanol–water partition coefficient (Wildman–Crippen LogP) is 2.03. The maximum atomic E-state index is 12.3. The van der Waals surface area contributed by atoms with Gasteiger partial charge in [0.25, 0.3) is 0 Å². The largest absolute Gasteiger partial charge is 0.481 e. The van der Waals surface area contributed by atoms with Crippen molar-refractivity contribution in [2.24, 2.45) is 5.73 Å². The molecule has 5 N–H and O–H groups in total. The second-order valence-electron chi connectivity index (χ2n) is 6.14. The molecule has 1 amide bonds. The van der Waals surface area contributed by atoms with Gasteiger partial charge >= 0.3 is 11.9 Å². The summed E-state index contributed by atoms with van der Waals surface area (Å²) in [7, 11) is 0. The Hall–Kier alpha value is -4.14. The summed E-state index contributed by atoms with van der Waals surface area (Å²) >= 11 is 0. The molecule has 0 aliphatic rings. The van der Waals surface area contributed by atoms with Crippen LogP contribution in [-0.2, 0) is 16.1 Å². The minimum Gasteiger partial charge on any atom is -0.481 e. The van der Waals surface area contributed by atoms with E-state index >= 15 is 0 Å². The number of hydrogen-bond donors (Lipinski definition) is 4. The van der Waals surface area contributed by atoms with Crippen LogP contribution < -0.4 is 15.8 Å². The Labute approximate surface area is 164 Å². The minimum atomic E-state index is -1.24. The second-order valence-corrected chi connectivity index (χ2v) is 6.14. The van der Waals surface area contributed by atoms with Crippen LogP contribution in [0.2, 0.25) is 0 Å². The van der Waals surface area contributed by atoms with Crippen molar-refractivity contribution in [3.05, 3.63) is 65.6 Å². The Balaban J connectivity index is 1.65. The van der Waals surface area contributed by atoms with E-state index in [1.54, 1.807) is 36.4 Å². The molecule has 3 aromatic rings. The van der Waals surface area contributed by atoms with E-state index in [4.69, 9.17) is 25.4 Å². The van der Waals surface area contributed by atoms with E-state index in [0.717, 1.165) is 10.8 Å². The van der Waals surface area contributed by atoms with Crippen molar-refractivity contribution in [2.75, 3.05) is 0 Å². The van der Waals surface area contributed by atoms with Crippen LogP contribution in [0.15, 0.2) is 52.9 Å². The molecular weight excluding hydrogens is 378 g/mol. The van der Waals surface area contributed by atoms with Gasteiger partial charge in [0.2, 0.25) is 11.7 Å². The van der Waals surface area contributed by atoms with Crippen molar-refractivity contribution in [2.45, 2.75) is 13.0 Å². The molecule has 1 heterocycles. The highest BCUT2D eigenvalue weighted by atomic mass is 16.5. The van der Waals surface area contributed by atoms with Gasteiger partial charge in [-0.25, -0.2) is 4.79 Å². The molecule has 2 aromatic carbocycles. The molecule has 0 aliphatic heterocycles. The fourth-order valence-corrected chi connectivity index (χ4v) is 2.58. The Bertz CT molecular complexity index is 1120. The van der Waals surface area contributed by atoms with Gasteiger partial charge in [-0.05, 0) is 41.1 Å². The molecule has 0 saturated carbocycles. The number of hydrogen-bond acceptors (Lipinski definition) is 6. The summed E-state index contributed by atoms with van der Waals surface area (Å²) in [5.74, 6) is -2.11. The molecule has 0 spiro atoms.